The molecule has 0 fully saturated rings. The summed E-state index contributed by atoms with van der Waals surface area (Å²) in [5.41, 5.74) is -2.73. The maximum Gasteiger partial charge on any atom is 0.423 e. The molecule has 2 unspecified atom stereocenters. The number of nitrogens with zero attached hydrogens (tertiary/aromatic N) is 6. The molecule has 0 spiro atoms. The van der Waals surface area contributed by atoms with Crippen LogP contribution >= 0.6 is 46.3 Å². The zero-order chi connectivity index (χ0) is 37.2. The summed E-state index contributed by atoms with van der Waals surface area (Å²) in [6, 6.07) is 27.8. The van der Waals surface area contributed by atoms with Crippen molar-refractivity contribution in [3.63, 3.8) is 0 Å². The Morgan fingerprint density at radius 1 is 0.269 bits per heavy atom. The van der Waals surface area contributed by atoms with Gasteiger partial charge in [-0.05, 0) is 22.3 Å². The normalized spacial score (nSPS) is 23.7. The largest absolute Gasteiger partial charge is 0.423 e. The van der Waals surface area contributed by atoms with Gasteiger partial charge in [-0.1, -0.05) is 121 Å². The van der Waals surface area contributed by atoms with Crippen molar-refractivity contribution in [3.8, 4) is 44.5 Å². The molecule has 7 rings (SSSR count). The first-order valence-electron chi connectivity index (χ1n) is 14.7. The highest BCUT2D eigenvalue weighted by atomic mass is 31.3. The second-order valence-corrected chi connectivity index (χ2v) is 22.0. The molecule has 2 heterocycles. The fourth-order valence-corrected chi connectivity index (χ4v) is 18.9. The molecule has 270 valence electrons. The SMILES string of the molecule is FP1(F)=NP(F)(F)=NP(F)(c2c(-c3ccccc3)c(-c3ccccc3)c(P3(F)=NP(F)(F)=NP(F)(F)=N3)c(-c3ccccc3)c2-c2ccccc2)=N1. The lowest BCUT2D eigenvalue weighted by Crippen LogP contribution is -2.22. The van der Waals surface area contributed by atoms with Crippen LogP contribution in [0.4, 0.5) is 42.0 Å². The predicted molar refractivity (Wildman–Crippen MR) is 195 cm³/mol. The van der Waals surface area contributed by atoms with Gasteiger partial charge in [0, 0.05) is 22.3 Å². The maximum atomic E-state index is 17.9. The van der Waals surface area contributed by atoms with Crippen LogP contribution in [0.3, 0.4) is 0 Å². The molecular formula is C30H20F10N6P6. The predicted octanol–water partition coefficient (Wildman–Crippen LogP) is 17.2. The van der Waals surface area contributed by atoms with Crippen molar-refractivity contribution >= 4 is 56.9 Å². The highest BCUT2D eigenvalue weighted by molar-refractivity contribution is 7.84. The van der Waals surface area contributed by atoms with Crippen LogP contribution in [0, 0.1) is 0 Å². The Bertz CT molecular complexity index is 2290. The molecule has 5 aromatic carbocycles. The van der Waals surface area contributed by atoms with Crippen molar-refractivity contribution in [1.82, 2.24) is 0 Å². The Labute approximate surface area is 291 Å². The van der Waals surface area contributed by atoms with Gasteiger partial charge >= 0.3 is 31.3 Å². The van der Waals surface area contributed by atoms with E-state index in [-0.39, 0.29) is 22.3 Å². The van der Waals surface area contributed by atoms with E-state index in [1.165, 1.54) is 121 Å². The summed E-state index contributed by atoms with van der Waals surface area (Å²) in [5.74, 6) is 0. The lowest BCUT2D eigenvalue weighted by molar-refractivity contribution is 0.693. The summed E-state index contributed by atoms with van der Waals surface area (Å²) < 4.78 is 174. The maximum absolute atomic E-state index is 17.9. The van der Waals surface area contributed by atoms with Gasteiger partial charge in [0.2, 0.25) is 0 Å². The van der Waals surface area contributed by atoms with Crippen LogP contribution in [0.1, 0.15) is 0 Å². The molecule has 0 amide bonds. The van der Waals surface area contributed by atoms with Crippen molar-refractivity contribution in [2.75, 3.05) is 0 Å². The van der Waals surface area contributed by atoms with Crippen LogP contribution in [0.5, 0.6) is 0 Å². The van der Waals surface area contributed by atoms with Gasteiger partial charge in [-0.25, -0.2) is 0 Å². The van der Waals surface area contributed by atoms with Gasteiger partial charge in [-0.2, -0.15) is 26.5 Å². The molecule has 0 saturated carbocycles. The van der Waals surface area contributed by atoms with Crippen LogP contribution in [0.25, 0.3) is 44.5 Å². The lowest BCUT2D eigenvalue weighted by Gasteiger charge is -2.32. The molecule has 0 radical (unpaired) electrons. The second kappa shape index (κ2) is 13.3. The van der Waals surface area contributed by atoms with E-state index in [1.807, 2.05) is 0 Å². The molecule has 2 aliphatic heterocycles. The van der Waals surface area contributed by atoms with E-state index >= 15 is 42.0 Å². The van der Waals surface area contributed by atoms with Gasteiger partial charge in [0.1, 0.15) is 0 Å². The monoisotopic (exact) mass is 840 g/mol. The van der Waals surface area contributed by atoms with Crippen molar-refractivity contribution in [2.24, 2.45) is 27.1 Å². The molecule has 0 aliphatic carbocycles. The zero-order valence-electron chi connectivity index (χ0n) is 25.7. The molecule has 2 atom stereocenters. The smallest absolute Gasteiger partial charge is 0.178 e. The van der Waals surface area contributed by atoms with Gasteiger partial charge in [-0.3, -0.25) is 0 Å². The number of hydrogen-bond donors (Lipinski definition) is 0. The van der Waals surface area contributed by atoms with Gasteiger partial charge in [-0.15, -0.1) is 42.6 Å². The van der Waals surface area contributed by atoms with Crippen LogP contribution < -0.4 is 10.6 Å². The number of benzene rings is 5. The minimum Gasteiger partial charge on any atom is -0.178 e. The molecule has 2 aliphatic rings. The molecule has 0 bridgehead atoms. The standard InChI is InChI=1S/C30H20F10N6P6/c31-47(41-49(33,34)45-50(35,36)42-47)29-25(21-13-5-1-6-14-21)26(22-15-7-2-8-16-22)30(48(32)43-51(37,38)46-52(39,40)44-48)28(24-19-11-4-12-20-24)27(29)23-17-9-3-10-18-23/h1-20H. The van der Waals surface area contributed by atoms with E-state index in [4.69, 9.17) is 0 Å². The Balaban J connectivity index is 1.92. The Morgan fingerprint density at radius 2 is 0.481 bits per heavy atom. The summed E-state index contributed by atoms with van der Waals surface area (Å²) in [5, 5.41) is -1.87. The van der Waals surface area contributed by atoms with Gasteiger partial charge in [0.05, 0.1) is 10.6 Å². The van der Waals surface area contributed by atoms with Crippen LogP contribution in [0.2, 0.25) is 0 Å². The van der Waals surface area contributed by atoms with E-state index < -0.39 is 79.2 Å². The minimum absolute atomic E-state index is 0.112. The second-order valence-electron chi connectivity index (χ2n) is 11.1. The molecule has 22 heteroatoms. The molecule has 0 saturated heterocycles. The Hall–Kier alpha value is -3.22. The molecule has 6 nitrogen and oxygen atoms in total. The summed E-state index contributed by atoms with van der Waals surface area (Å²) in [7, 11) is -37.6. The first kappa shape index (κ1) is 37.1. The highest BCUT2D eigenvalue weighted by Crippen LogP contribution is 2.84. The lowest BCUT2D eigenvalue weighted by atomic mass is 9.85. The summed E-state index contributed by atoms with van der Waals surface area (Å²) >= 11 is 0. The van der Waals surface area contributed by atoms with E-state index in [9.17, 15) is 0 Å². The average molecular weight is 840 g/mol. The van der Waals surface area contributed by atoms with Gasteiger partial charge in [0.25, 0.3) is 15.0 Å². The number of halogens is 10. The minimum atomic E-state index is -6.40. The highest BCUT2D eigenvalue weighted by Gasteiger charge is 2.48. The summed E-state index contributed by atoms with van der Waals surface area (Å²) in [4.78, 5) is 0. The van der Waals surface area contributed by atoms with Gasteiger partial charge < -0.3 is 0 Å². The molecular weight excluding hydrogens is 820 g/mol. The van der Waals surface area contributed by atoms with Crippen molar-refractivity contribution < 1.29 is 42.0 Å². The fourth-order valence-electron chi connectivity index (χ4n) is 5.95. The van der Waals surface area contributed by atoms with Crippen molar-refractivity contribution in [3.05, 3.63) is 121 Å². The third-order valence-corrected chi connectivity index (χ3v) is 20.3. The van der Waals surface area contributed by atoms with Crippen molar-refractivity contribution in [2.45, 2.75) is 0 Å². The summed E-state index contributed by atoms with van der Waals surface area (Å²) in [6.07, 6.45) is 0. The third-order valence-electron chi connectivity index (χ3n) is 7.60. The fraction of sp³-hybridized carbons (Fsp3) is 0. The van der Waals surface area contributed by atoms with Crippen molar-refractivity contribution in [1.29, 1.82) is 0 Å². The summed E-state index contributed by atoms with van der Waals surface area (Å²) in [6.45, 7) is 0. The van der Waals surface area contributed by atoms with E-state index in [0.717, 1.165) is 0 Å². The Morgan fingerprint density at radius 3 is 0.692 bits per heavy atom. The first-order chi connectivity index (χ1) is 24.4. The molecule has 5 aromatic rings. The molecule has 0 aromatic heterocycles. The van der Waals surface area contributed by atoms with Crippen LogP contribution in [0.15, 0.2) is 148 Å². The van der Waals surface area contributed by atoms with Crippen LogP contribution in [-0.4, -0.2) is 0 Å². The van der Waals surface area contributed by atoms with Crippen LogP contribution in [-0.2, 0) is 0 Å². The average Bonchev–Trinajstić information content (AvgIpc) is 3.05. The number of rotatable bonds is 6. The topological polar surface area (TPSA) is 74.2 Å². The zero-order valence-corrected chi connectivity index (χ0v) is 31.1. The van der Waals surface area contributed by atoms with E-state index in [2.05, 4.69) is 27.1 Å². The first-order valence-corrected chi connectivity index (χ1v) is 23.8. The van der Waals surface area contributed by atoms with Gasteiger partial charge in [0.15, 0.2) is 0 Å². The quantitative estimate of drug-likeness (QED) is 0.121. The molecule has 0 N–H and O–H groups in total. The Kier molecular flexibility index (Phi) is 9.47. The molecule has 52 heavy (non-hydrogen) atoms. The third kappa shape index (κ3) is 7.19. The van der Waals surface area contributed by atoms with E-state index in [1.54, 1.807) is 0 Å². The number of hydrogen-bond acceptors (Lipinski definition) is 6. The van der Waals surface area contributed by atoms with E-state index in [0.29, 0.717) is 0 Å².